The Bertz CT molecular complexity index is 375. The molecule has 0 bridgehead atoms. The van der Waals surface area contributed by atoms with E-state index in [1.54, 1.807) is 0 Å². The first-order valence-corrected chi connectivity index (χ1v) is 11.8. The fraction of sp³-hybridized carbons (Fsp3) is 0.913. The highest BCUT2D eigenvalue weighted by atomic mass is 16.4. The molecule has 0 aliphatic rings. The maximum atomic E-state index is 11.7. The summed E-state index contributed by atoms with van der Waals surface area (Å²) in [6.07, 6.45) is 21.1. The molecule has 0 aromatic rings. The number of nitrogens with two attached hydrogens (primary N) is 1. The average Bonchev–Trinajstić information content (AvgIpc) is 2.67. The van der Waals surface area contributed by atoms with Gasteiger partial charge in [0.05, 0.1) is 0 Å². The van der Waals surface area contributed by atoms with E-state index in [4.69, 9.17) is 10.8 Å². The summed E-state index contributed by atoms with van der Waals surface area (Å²) >= 11 is 0. The molecule has 0 aromatic heterocycles. The van der Waals surface area contributed by atoms with E-state index in [0.717, 1.165) is 25.7 Å². The summed E-state index contributed by atoms with van der Waals surface area (Å²) in [5.74, 6) is -0.844. The van der Waals surface area contributed by atoms with Crippen LogP contribution in [0.1, 0.15) is 122 Å². The van der Waals surface area contributed by atoms with Gasteiger partial charge in [0.15, 0.2) is 0 Å². The number of amides is 1. The van der Waals surface area contributed by atoms with Crippen molar-refractivity contribution in [2.75, 3.05) is 6.54 Å². The van der Waals surface area contributed by atoms with E-state index in [0.29, 0.717) is 19.4 Å². The third kappa shape index (κ3) is 19.7. The molecule has 0 aliphatic heterocycles. The highest BCUT2D eigenvalue weighted by Gasteiger charge is 2.10. The summed E-state index contributed by atoms with van der Waals surface area (Å²) in [7, 11) is 0. The van der Waals surface area contributed by atoms with Gasteiger partial charge in [-0.1, -0.05) is 90.4 Å². The number of carboxylic acid groups (broad SMARTS) is 1. The van der Waals surface area contributed by atoms with Crippen LogP contribution in [0, 0.1) is 0 Å². The van der Waals surface area contributed by atoms with Crippen molar-refractivity contribution in [3.05, 3.63) is 0 Å². The molecule has 0 saturated carbocycles. The van der Waals surface area contributed by atoms with Gasteiger partial charge >= 0.3 is 5.97 Å². The molecular weight excluding hydrogens is 352 g/mol. The fourth-order valence-electron chi connectivity index (χ4n) is 3.41. The Labute approximate surface area is 173 Å². The summed E-state index contributed by atoms with van der Waals surface area (Å²) in [6, 6.07) is -0.786. The van der Waals surface area contributed by atoms with Gasteiger partial charge in [0.25, 0.3) is 0 Å². The van der Waals surface area contributed by atoms with Gasteiger partial charge in [-0.3, -0.25) is 9.59 Å². The summed E-state index contributed by atoms with van der Waals surface area (Å²) in [4.78, 5) is 22.3. The fourth-order valence-corrected chi connectivity index (χ4v) is 3.41. The number of rotatable bonds is 21. The number of hydrogen-bond donors (Lipinski definition) is 3. The molecule has 1 amide bonds. The minimum atomic E-state index is -0.957. The molecule has 0 unspecified atom stereocenters. The largest absolute Gasteiger partial charge is 0.480 e. The van der Waals surface area contributed by atoms with E-state index in [1.807, 2.05) is 0 Å². The van der Waals surface area contributed by atoms with Crippen LogP contribution in [-0.4, -0.2) is 29.6 Å². The van der Waals surface area contributed by atoms with E-state index in [1.165, 1.54) is 77.0 Å². The summed E-state index contributed by atoms with van der Waals surface area (Å²) in [6.45, 7) is 2.88. The minimum Gasteiger partial charge on any atom is -0.480 e. The van der Waals surface area contributed by atoms with Crippen LogP contribution in [0.15, 0.2) is 0 Å². The second-order valence-corrected chi connectivity index (χ2v) is 8.14. The van der Waals surface area contributed by atoms with Crippen molar-refractivity contribution in [2.24, 2.45) is 5.73 Å². The first-order valence-electron chi connectivity index (χ1n) is 11.8. The van der Waals surface area contributed by atoms with Crippen molar-refractivity contribution in [2.45, 2.75) is 129 Å². The van der Waals surface area contributed by atoms with Gasteiger partial charge in [-0.15, -0.1) is 0 Å². The molecule has 5 nitrogen and oxygen atoms in total. The molecule has 0 aliphatic carbocycles. The Morgan fingerprint density at radius 1 is 0.750 bits per heavy atom. The van der Waals surface area contributed by atoms with Crippen LogP contribution in [0.3, 0.4) is 0 Å². The molecule has 0 fully saturated rings. The minimum absolute atomic E-state index is 0.112. The van der Waals surface area contributed by atoms with Gasteiger partial charge in [0.2, 0.25) is 5.91 Å². The zero-order chi connectivity index (χ0) is 20.9. The van der Waals surface area contributed by atoms with Crippen molar-refractivity contribution < 1.29 is 14.7 Å². The third-order valence-corrected chi connectivity index (χ3v) is 5.34. The Hall–Kier alpha value is -1.10. The SMILES string of the molecule is CCCCCCCCCCCCCCCCC(=O)NCCCC[C@H](N)C(=O)O. The number of aliphatic carboxylic acids is 1. The monoisotopic (exact) mass is 398 g/mol. The highest BCUT2D eigenvalue weighted by Crippen LogP contribution is 2.13. The Morgan fingerprint density at radius 3 is 1.68 bits per heavy atom. The lowest BCUT2D eigenvalue weighted by atomic mass is 10.0. The van der Waals surface area contributed by atoms with Crippen LogP contribution in [0.5, 0.6) is 0 Å². The molecular formula is C23H46N2O3. The standard InChI is InChI=1S/C23H46N2O3/c1-2-3-4-5-6-7-8-9-10-11-12-13-14-15-19-22(26)25-20-17-16-18-21(24)23(27)28/h21H,2-20,24H2,1H3,(H,25,26)(H,27,28)/t21-/m0/s1. The molecule has 1 atom stereocenters. The maximum absolute atomic E-state index is 11.7. The van der Waals surface area contributed by atoms with Crippen molar-refractivity contribution in [3.63, 3.8) is 0 Å². The third-order valence-electron chi connectivity index (χ3n) is 5.34. The van der Waals surface area contributed by atoms with E-state index in [9.17, 15) is 9.59 Å². The molecule has 5 heteroatoms. The van der Waals surface area contributed by atoms with E-state index < -0.39 is 12.0 Å². The smallest absolute Gasteiger partial charge is 0.320 e. The van der Waals surface area contributed by atoms with Gasteiger partial charge in [0, 0.05) is 13.0 Å². The molecule has 28 heavy (non-hydrogen) atoms. The number of nitrogens with one attached hydrogen (secondary N) is 1. The zero-order valence-corrected chi connectivity index (χ0v) is 18.4. The van der Waals surface area contributed by atoms with Crippen LogP contribution in [-0.2, 0) is 9.59 Å². The van der Waals surface area contributed by atoms with Crippen molar-refractivity contribution in [1.82, 2.24) is 5.32 Å². The second-order valence-electron chi connectivity index (χ2n) is 8.14. The van der Waals surface area contributed by atoms with Gasteiger partial charge in [-0.25, -0.2) is 0 Å². The zero-order valence-electron chi connectivity index (χ0n) is 18.4. The first-order chi connectivity index (χ1) is 13.6. The lowest BCUT2D eigenvalue weighted by molar-refractivity contribution is -0.138. The van der Waals surface area contributed by atoms with Gasteiger partial charge in [-0.2, -0.15) is 0 Å². The Balaban J connectivity index is 3.21. The number of hydrogen-bond acceptors (Lipinski definition) is 3. The summed E-state index contributed by atoms with van der Waals surface area (Å²) in [5.41, 5.74) is 5.44. The molecule has 166 valence electrons. The quantitative estimate of drug-likeness (QED) is 0.221. The van der Waals surface area contributed by atoms with E-state index >= 15 is 0 Å². The Morgan fingerprint density at radius 2 is 1.21 bits per heavy atom. The number of carbonyl (C=O) groups is 2. The second kappa shape index (κ2) is 20.6. The van der Waals surface area contributed by atoms with Crippen molar-refractivity contribution in [3.8, 4) is 0 Å². The van der Waals surface area contributed by atoms with Crippen LogP contribution in [0.4, 0.5) is 0 Å². The Kier molecular flexibility index (Phi) is 19.8. The van der Waals surface area contributed by atoms with E-state index in [-0.39, 0.29) is 5.91 Å². The molecule has 0 heterocycles. The molecule has 4 N–H and O–H groups in total. The molecule has 0 rings (SSSR count). The number of carboxylic acids is 1. The van der Waals surface area contributed by atoms with Crippen LogP contribution >= 0.6 is 0 Å². The summed E-state index contributed by atoms with van der Waals surface area (Å²) < 4.78 is 0. The highest BCUT2D eigenvalue weighted by molar-refractivity contribution is 5.75. The van der Waals surface area contributed by atoms with Crippen LogP contribution in [0.25, 0.3) is 0 Å². The molecule has 0 radical (unpaired) electrons. The molecule has 0 spiro atoms. The van der Waals surface area contributed by atoms with E-state index in [2.05, 4.69) is 12.2 Å². The van der Waals surface area contributed by atoms with Crippen LogP contribution < -0.4 is 11.1 Å². The number of unbranched alkanes of at least 4 members (excludes halogenated alkanes) is 14. The van der Waals surface area contributed by atoms with Crippen LogP contribution in [0.2, 0.25) is 0 Å². The predicted octanol–water partition coefficient (Wildman–Crippen LogP) is 5.56. The normalized spacial score (nSPS) is 12.1. The summed E-state index contributed by atoms with van der Waals surface area (Å²) in [5, 5.41) is 11.6. The first kappa shape index (κ1) is 26.9. The lowest BCUT2D eigenvalue weighted by Crippen LogP contribution is -2.30. The maximum Gasteiger partial charge on any atom is 0.320 e. The van der Waals surface area contributed by atoms with Gasteiger partial charge in [-0.05, 0) is 25.7 Å². The molecule has 0 aromatic carbocycles. The van der Waals surface area contributed by atoms with Gasteiger partial charge < -0.3 is 16.2 Å². The molecule has 0 saturated heterocycles. The van der Waals surface area contributed by atoms with Crippen molar-refractivity contribution in [1.29, 1.82) is 0 Å². The lowest BCUT2D eigenvalue weighted by Gasteiger charge is -2.07. The topological polar surface area (TPSA) is 92.4 Å². The number of carbonyl (C=O) groups excluding carboxylic acids is 1. The van der Waals surface area contributed by atoms with Gasteiger partial charge in [0.1, 0.15) is 6.04 Å². The van der Waals surface area contributed by atoms with Crippen molar-refractivity contribution >= 4 is 11.9 Å². The predicted molar refractivity (Wildman–Crippen MR) is 117 cm³/mol. The average molecular weight is 399 g/mol.